The normalized spacial score (nSPS) is 12.6. The molecular formula is C13H15NO. The Bertz CT molecular complexity index is 401. The lowest BCUT2D eigenvalue weighted by molar-refractivity contribution is 0.357. The van der Waals surface area contributed by atoms with E-state index in [1.807, 2.05) is 12.1 Å². The average molecular weight is 201 g/mol. The molecule has 2 rings (SSSR count). The zero-order chi connectivity index (χ0) is 10.5. The van der Waals surface area contributed by atoms with Crippen molar-refractivity contribution in [1.29, 1.82) is 0 Å². The zero-order valence-corrected chi connectivity index (χ0v) is 8.97. The molecule has 1 aromatic carbocycles. The van der Waals surface area contributed by atoms with Gasteiger partial charge in [0.05, 0.1) is 13.2 Å². The number of hydrogen-bond donors (Lipinski definition) is 1. The molecule has 15 heavy (non-hydrogen) atoms. The van der Waals surface area contributed by atoms with Crippen molar-refractivity contribution >= 4 is 0 Å². The van der Waals surface area contributed by atoms with Crippen LogP contribution in [0.2, 0.25) is 0 Å². The molecule has 0 fully saturated rings. The standard InChI is InChI=1S/C13H15NO/c1-2-14-8-3-4-11-5-6-13-12(10-11)7-9-15-13/h5-6,10,14H,2,7-9H2,1H3. The Labute approximate surface area is 90.6 Å². The number of benzene rings is 1. The average Bonchev–Trinajstić information content (AvgIpc) is 2.71. The first-order valence-electron chi connectivity index (χ1n) is 5.35. The van der Waals surface area contributed by atoms with Crippen molar-refractivity contribution in [3.05, 3.63) is 29.3 Å². The summed E-state index contributed by atoms with van der Waals surface area (Å²) in [5.74, 6) is 7.25. The maximum atomic E-state index is 5.44. The minimum Gasteiger partial charge on any atom is -0.493 e. The van der Waals surface area contributed by atoms with Crippen LogP contribution in [0.25, 0.3) is 0 Å². The van der Waals surface area contributed by atoms with Crippen molar-refractivity contribution < 1.29 is 4.74 Å². The van der Waals surface area contributed by atoms with E-state index in [0.29, 0.717) is 0 Å². The first kappa shape index (κ1) is 10.1. The highest BCUT2D eigenvalue weighted by Crippen LogP contribution is 2.25. The van der Waals surface area contributed by atoms with Gasteiger partial charge >= 0.3 is 0 Å². The second-order valence-corrected chi connectivity index (χ2v) is 3.50. The lowest BCUT2D eigenvalue weighted by Crippen LogP contribution is -2.11. The van der Waals surface area contributed by atoms with Gasteiger partial charge in [0.25, 0.3) is 0 Å². The molecular weight excluding hydrogens is 186 g/mol. The highest BCUT2D eigenvalue weighted by molar-refractivity contribution is 5.45. The van der Waals surface area contributed by atoms with E-state index in [1.165, 1.54) is 5.56 Å². The van der Waals surface area contributed by atoms with E-state index < -0.39 is 0 Å². The SMILES string of the molecule is CCNCC#Cc1ccc2c(c1)CCO2. The third kappa shape index (κ3) is 2.51. The smallest absolute Gasteiger partial charge is 0.122 e. The molecule has 0 atom stereocenters. The molecule has 0 unspecified atom stereocenters. The maximum Gasteiger partial charge on any atom is 0.122 e. The molecule has 78 valence electrons. The Morgan fingerprint density at radius 2 is 2.40 bits per heavy atom. The van der Waals surface area contributed by atoms with Gasteiger partial charge in [0.2, 0.25) is 0 Å². The maximum absolute atomic E-state index is 5.44. The van der Waals surface area contributed by atoms with E-state index in [-0.39, 0.29) is 0 Å². The highest BCUT2D eigenvalue weighted by Gasteiger charge is 2.10. The first-order chi connectivity index (χ1) is 7.40. The van der Waals surface area contributed by atoms with Crippen LogP contribution in [0.3, 0.4) is 0 Å². The van der Waals surface area contributed by atoms with Gasteiger partial charge in [-0.05, 0) is 30.3 Å². The number of fused-ring (bicyclic) bond motifs is 1. The molecule has 0 amide bonds. The van der Waals surface area contributed by atoms with Crippen LogP contribution in [-0.4, -0.2) is 19.7 Å². The van der Waals surface area contributed by atoms with E-state index in [2.05, 4.69) is 30.1 Å². The molecule has 0 aliphatic carbocycles. The summed E-state index contributed by atoms with van der Waals surface area (Å²) in [5.41, 5.74) is 2.36. The zero-order valence-electron chi connectivity index (χ0n) is 8.97. The predicted molar refractivity (Wildman–Crippen MR) is 61.1 cm³/mol. The Balaban J connectivity index is 2.05. The highest BCUT2D eigenvalue weighted by atomic mass is 16.5. The molecule has 1 aromatic rings. The lowest BCUT2D eigenvalue weighted by Gasteiger charge is -1.98. The third-order valence-corrected chi connectivity index (χ3v) is 2.39. The fraction of sp³-hybridized carbons (Fsp3) is 0.385. The summed E-state index contributed by atoms with van der Waals surface area (Å²) in [4.78, 5) is 0. The van der Waals surface area contributed by atoms with Gasteiger partial charge in [-0.15, -0.1) is 0 Å². The summed E-state index contributed by atoms with van der Waals surface area (Å²) in [6, 6.07) is 6.16. The summed E-state index contributed by atoms with van der Waals surface area (Å²) < 4.78 is 5.44. The Morgan fingerprint density at radius 1 is 1.47 bits per heavy atom. The van der Waals surface area contributed by atoms with Gasteiger partial charge in [-0.2, -0.15) is 0 Å². The van der Waals surface area contributed by atoms with Gasteiger partial charge in [-0.25, -0.2) is 0 Å². The fourth-order valence-corrected chi connectivity index (χ4v) is 1.60. The van der Waals surface area contributed by atoms with Crippen molar-refractivity contribution in [1.82, 2.24) is 5.32 Å². The molecule has 2 heteroatoms. The van der Waals surface area contributed by atoms with Crippen LogP contribution in [0.5, 0.6) is 5.75 Å². The van der Waals surface area contributed by atoms with Gasteiger partial charge in [0, 0.05) is 12.0 Å². The fourth-order valence-electron chi connectivity index (χ4n) is 1.60. The van der Waals surface area contributed by atoms with Gasteiger partial charge < -0.3 is 10.1 Å². The van der Waals surface area contributed by atoms with E-state index in [4.69, 9.17) is 4.74 Å². The molecule has 1 N–H and O–H groups in total. The van der Waals surface area contributed by atoms with E-state index in [0.717, 1.165) is 37.4 Å². The van der Waals surface area contributed by atoms with Crippen LogP contribution in [0.4, 0.5) is 0 Å². The Morgan fingerprint density at radius 3 is 3.27 bits per heavy atom. The second kappa shape index (κ2) is 4.86. The summed E-state index contributed by atoms with van der Waals surface area (Å²) in [6.45, 7) is 4.61. The summed E-state index contributed by atoms with van der Waals surface area (Å²) in [7, 11) is 0. The molecule has 0 radical (unpaired) electrons. The minimum absolute atomic E-state index is 0.754. The van der Waals surface area contributed by atoms with Crippen LogP contribution in [0.15, 0.2) is 18.2 Å². The minimum atomic E-state index is 0.754. The van der Waals surface area contributed by atoms with Crippen molar-refractivity contribution in [2.75, 3.05) is 19.7 Å². The van der Waals surface area contributed by atoms with Crippen LogP contribution in [0, 0.1) is 11.8 Å². The largest absolute Gasteiger partial charge is 0.493 e. The summed E-state index contributed by atoms with van der Waals surface area (Å²) >= 11 is 0. The van der Waals surface area contributed by atoms with Gasteiger partial charge in [0.15, 0.2) is 0 Å². The van der Waals surface area contributed by atoms with Gasteiger partial charge in [0.1, 0.15) is 5.75 Å². The van der Waals surface area contributed by atoms with Crippen molar-refractivity contribution in [2.24, 2.45) is 0 Å². The third-order valence-electron chi connectivity index (χ3n) is 2.39. The lowest BCUT2D eigenvalue weighted by atomic mass is 10.1. The summed E-state index contributed by atoms with van der Waals surface area (Å²) in [5, 5.41) is 3.17. The van der Waals surface area contributed by atoms with Crippen molar-refractivity contribution in [2.45, 2.75) is 13.3 Å². The molecule has 0 aromatic heterocycles. The first-order valence-corrected chi connectivity index (χ1v) is 5.35. The van der Waals surface area contributed by atoms with Crippen molar-refractivity contribution in [3.63, 3.8) is 0 Å². The van der Waals surface area contributed by atoms with E-state index >= 15 is 0 Å². The Hall–Kier alpha value is -1.46. The van der Waals surface area contributed by atoms with Crippen molar-refractivity contribution in [3.8, 4) is 17.6 Å². The number of hydrogen-bond acceptors (Lipinski definition) is 2. The van der Waals surface area contributed by atoms with Crippen LogP contribution in [-0.2, 0) is 6.42 Å². The molecule has 1 aliphatic rings. The van der Waals surface area contributed by atoms with Crippen LogP contribution < -0.4 is 10.1 Å². The molecule has 0 saturated heterocycles. The second-order valence-electron chi connectivity index (χ2n) is 3.50. The summed E-state index contributed by atoms with van der Waals surface area (Å²) in [6.07, 6.45) is 1.01. The quantitative estimate of drug-likeness (QED) is 0.579. The van der Waals surface area contributed by atoms with Crippen LogP contribution in [0.1, 0.15) is 18.1 Å². The number of nitrogens with one attached hydrogen (secondary N) is 1. The molecule has 0 spiro atoms. The molecule has 1 heterocycles. The van der Waals surface area contributed by atoms with Crippen LogP contribution >= 0.6 is 0 Å². The Kier molecular flexibility index (Phi) is 3.26. The number of rotatable bonds is 2. The molecule has 2 nitrogen and oxygen atoms in total. The van der Waals surface area contributed by atoms with Gasteiger partial charge in [-0.1, -0.05) is 18.8 Å². The molecule has 0 bridgehead atoms. The van der Waals surface area contributed by atoms with Gasteiger partial charge in [-0.3, -0.25) is 0 Å². The predicted octanol–water partition coefficient (Wildman–Crippen LogP) is 1.58. The van der Waals surface area contributed by atoms with E-state index in [9.17, 15) is 0 Å². The topological polar surface area (TPSA) is 21.3 Å². The number of ether oxygens (including phenoxy) is 1. The monoisotopic (exact) mass is 201 g/mol. The molecule has 1 aliphatic heterocycles. The molecule has 0 saturated carbocycles. The van der Waals surface area contributed by atoms with E-state index in [1.54, 1.807) is 0 Å².